The molecule has 0 aromatic rings. The summed E-state index contributed by atoms with van der Waals surface area (Å²) in [5, 5.41) is 3.83. The van der Waals surface area contributed by atoms with Gasteiger partial charge in [-0.2, -0.15) is 0 Å². The van der Waals surface area contributed by atoms with Crippen molar-refractivity contribution in [2.45, 2.75) is 71.4 Å². The molecule has 1 heterocycles. The summed E-state index contributed by atoms with van der Waals surface area (Å²) in [7, 11) is 0. The van der Waals surface area contributed by atoms with Gasteiger partial charge in [-0.05, 0) is 51.1 Å². The Morgan fingerprint density at radius 3 is 2.47 bits per heavy atom. The molecule has 0 amide bonds. The van der Waals surface area contributed by atoms with Crippen LogP contribution in [0.25, 0.3) is 0 Å². The number of nitrogens with one attached hydrogen (secondary N) is 1. The summed E-state index contributed by atoms with van der Waals surface area (Å²) < 4.78 is 0. The highest BCUT2D eigenvalue weighted by molar-refractivity contribution is 4.91. The van der Waals surface area contributed by atoms with Gasteiger partial charge in [0, 0.05) is 18.6 Å². The molecule has 2 nitrogen and oxygen atoms in total. The summed E-state index contributed by atoms with van der Waals surface area (Å²) in [5.41, 5.74) is 0.515. The van der Waals surface area contributed by atoms with Gasteiger partial charge < -0.3 is 5.32 Å². The number of piperidine rings is 1. The highest BCUT2D eigenvalue weighted by atomic mass is 15.2. The molecule has 100 valence electrons. The van der Waals surface area contributed by atoms with Crippen LogP contribution in [-0.2, 0) is 0 Å². The first-order valence-electron chi connectivity index (χ1n) is 7.57. The molecule has 0 spiro atoms. The second kappa shape index (κ2) is 5.71. The quantitative estimate of drug-likeness (QED) is 0.810. The van der Waals surface area contributed by atoms with Crippen LogP contribution in [0.3, 0.4) is 0 Å². The summed E-state index contributed by atoms with van der Waals surface area (Å²) in [6, 6.07) is 1.46. The Bertz CT molecular complexity index is 231. The fourth-order valence-corrected chi connectivity index (χ4v) is 3.51. The monoisotopic (exact) mass is 238 g/mol. The third-order valence-electron chi connectivity index (χ3n) is 4.93. The molecule has 0 aromatic carbocycles. The Balaban J connectivity index is 1.73. The Hall–Kier alpha value is -0.0800. The minimum Gasteiger partial charge on any atom is -0.312 e. The molecule has 1 N–H and O–H groups in total. The van der Waals surface area contributed by atoms with Crippen LogP contribution < -0.4 is 5.32 Å². The molecule has 2 rings (SSSR count). The first-order valence-corrected chi connectivity index (χ1v) is 7.57. The largest absolute Gasteiger partial charge is 0.312 e. The molecule has 2 atom stereocenters. The summed E-state index contributed by atoms with van der Waals surface area (Å²) in [5.74, 6) is 0. The van der Waals surface area contributed by atoms with Crippen LogP contribution in [0.4, 0.5) is 0 Å². The van der Waals surface area contributed by atoms with Gasteiger partial charge in [0.15, 0.2) is 0 Å². The zero-order chi connectivity index (χ0) is 12.3. The molecule has 1 aliphatic carbocycles. The van der Waals surface area contributed by atoms with E-state index in [1.54, 1.807) is 0 Å². The topological polar surface area (TPSA) is 15.3 Å². The number of nitrogens with zero attached hydrogens (tertiary/aromatic N) is 1. The Labute approximate surface area is 107 Å². The van der Waals surface area contributed by atoms with Crippen LogP contribution in [0.15, 0.2) is 0 Å². The van der Waals surface area contributed by atoms with E-state index in [0.717, 1.165) is 6.04 Å². The fourth-order valence-electron chi connectivity index (χ4n) is 3.51. The molecular formula is C15H30N2. The standard InChI is InChI=1S/C15H30N2/c1-13(17-10-5-4-6-11-17)12-16-14-8-7-9-15(14,2)3/h13-14,16H,4-12H2,1-3H3. The van der Waals surface area contributed by atoms with Crippen molar-refractivity contribution in [2.75, 3.05) is 19.6 Å². The molecular weight excluding hydrogens is 208 g/mol. The molecule has 1 saturated carbocycles. The SMILES string of the molecule is CC(CNC1CCCC1(C)C)N1CCCCC1. The zero-order valence-corrected chi connectivity index (χ0v) is 12.0. The summed E-state index contributed by atoms with van der Waals surface area (Å²) >= 11 is 0. The number of hydrogen-bond donors (Lipinski definition) is 1. The maximum atomic E-state index is 3.83. The van der Waals surface area contributed by atoms with Crippen molar-refractivity contribution < 1.29 is 0 Å². The lowest BCUT2D eigenvalue weighted by atomic mass is 9.87. The Morgan fingerprint density at radius 1 is 1.18 bits per heavy atom. The Kier molecular flexibility index (Phi) is 4.48. The molecule has 0 bridgehead atoms. The van der Waals surface area contributed by atoms with Crippen LogP contribution >= 0.6 is 0 Å². The Morgan fingerprint density at radius 2 is 1.88 bits per heavy atom. The normalized spacial score (nSPS) is 31.6. The second-order valence-electron chi connectivity index (χ2n) is 6.79. The first-order chi connectivity index (χ1) is 8.09. The maximum Gasteiger partial charge on any atom is 0.0192 e. The van der Waals surface area contributed by atoms with Crippen LogP contribution in [0, 0.1) is 5.41 Å². The highest BCUT2D eigenvalue weighted by Crippen LogP contribution is 2.37. The minimum absolute atomic E-state index is 0.515. The molecule has 0 radical (unpaired) electrons. The van der Waals surface area contributed by atoms with Crippen molar-refractivity contribution in [2.24, 2.45) is 5.41 Å². The van der Waals surface area contributed by atoms with Gasteiger partial charge in [-0.1, -0.05) is 26.7 Å². The molecule has 1 saturated heterocycles. The van der Waals surface area contributed by atoms with Crippen molar-refractivity contribution in [1.82, 2.24) is 10.2 Å². The third kappa shape index (κ3) is 3.45. The van der Waals surface area contributed by atoms with E-state index in [1.165, 1.54) is 58.2 Å². The van der Waals surface area contributed by atoms with Gasteiger partial charge in [-0.25, -0.2) is 0 Å². The molecule has 2 heteroatoms. The predicted octanol–water partition coefficient (Wildman–Crippen LogP) is 3.03. The molecule has 2 aliphatic rings. The lowest BCUT2D eigenvalue weighted by Crippen LogP contribution is -2.47. The van der Waals surface area contributed by atoms with E-state index < -0.39 is 0 Å². The van der Waals surface area contributed by atoms with Gasteiger partial charge in [-0.3, -0.25) is 4.90 Å². The zero-order valence-electron chi connectivity index (χ0n) is 12.0. The van der Waals surface area contributed by atoms with Crippen molar-refractivity contribution in [3.8, 4) is 0 Å². The second-order valence-corrected chi connectivity index (χ2v) is 6.79. The van der Waals surface area contributed by atoms with Gasteiger partial charge in [0.25, 0.3) is 0 Å². The number of hydrogen-bond acceptors (Lipinski definition) is 2. The molecule has 0 aromatic heterocycles. The van der Waals surface area contributed by atoms with E-state index in [-0.39, 0.29) is 0 Å². The van der Waals surface area contributed by atoms with Crippen LogP contribution in [0.1, 0.15) is 59.3 Å². The van der Waals surface area contributed by atoms with Crippen molar-refractivity contribution in [3.05, 3.63) is 0 Å². The number of likely N-dealkylation sites (tertiary alicyclic amines) is 1. The lowest BCUT2D eigenvalue weighted by molar-refractivity contribution is 0.160. The van der Waals surface area contributed by atoms with Crippen LogP contribution in [0.2, 0.25) is 0 Å². The first kappa shape index (κ1) is 13.4. The summed E-state index contributed by atoms with van der Waals surface area (Å²) in [6.45, 7) is 11.0. The van der Waals surface area contributed by atoms with Gasteiger partial charge in [0.2, 0.25) is 0 Å². The van der Waals surface area contributed by atoms with Gasteiger partial charge in [0.1, 0.15) is 0 Å². The average Bonchev–Trinajstić information content (AvgIpc) is 2.66. The molecule has 17 heavy (non-hydrogen) atoms. The predicted molar refractivity (Wildman–Crippen MR) is 74.3 cm³/mol. The molecule has 2 fully saturated rings. The van der Waals surface area contributed by atoms with E-state index >= 15 is 0 Å². The average molecular weight is 238 g/mol. The molecule has 1 aliphatic heterocycles. The van der Waals surface area contributed by atoms with Crippen LogP contribution in [0.5, 0.6) is 0 Å². The smallest absolute Gasteiger partial charge is 0.0192 e. The van der Waals surface area contributed by atoms with E-state index in [0.29, 0.717) is 11.5 Å². The number of rotatable bonds is 4. The highest BCUT2D eigenvalue weighted by Gasteiger charge is 2.34. The van der Waals surface area contributed by atoms with E-state index in [9.17, 15) is 0 Å². The van der Waals surface area contributed by atoms with Crippen molar-refractivity contribution in [3.63, 3.8) is 0 Å². The van der Waals surface area contributed by atoms with E-state index in [1.807, 2.05) is 0 Å². The van der Waals surface area contributed by atoms with Gasteiger partial charge >= 0.3 is 0 Å². The lowest BCUT2D eigenvalue weighted by Gasteiger charge is -2.35. The fraction of sp³-hybridized carbons (Fsp3) is 1.00. The van der Waals surface area contributed by atoms with Gasteiger partial charge in [-0.15, -0.1) is 0 Å². The summed E-state index contributed by atoms with van der Waals surface area (Å²) in [6.07, 6.45) is 8.41. The van der Waals surface area contributed by atoms with Crippen LogP contribution in [-0.4, -0.2) is 36.6 Å². The maximum absolute atomic E-state index is 3.83. The third-order valence-corrected chi connectivity index (χ3v) is 4.93. The van der Waals surface area contributed by atoms with E-state index in [4.69, 9.17) is 0 Å². The molecule has 2 unspecified atom stereocenters. The van der Waals surface area contributed by atoms with Gasteiger partial charge in [0.05, 0.1) is 0 Å². The summed E-state index contributed by atoms with van der Waals surface area (Å²) in [4.78, 5) is 2.67. The van der Waals surface area contributed by atoms with Crippen molar-refractivity contribution in [1.29, 1.82) is 0 Å². The van der Waals surface area contributed by atoms with E-state index in [2.05, 4.69) is 31.0 Å². The van der Waals surface area contributed by atoms with Crippen molar-refractivity contribution >= 4 is 0 Å². The minimum atomic E-state index is 0.515.